The number of benzene rings is 3. The molecule has 0 radical (unpaired) electrons. The molecule has 0 saturated heterocycles. The van der Waals surface area contributed by atoms with Gasteiger partial charge in [-0.15, -0.1) is 0 Å². The van der Waals surface area contributed by atoms with Gasteiger partial charge in [-0.05, 0) is 34.9 Å². The molecule has 0 N–H and O–H groups in total. The van der Waals surface area contributed by atoms with Crippen LogP contribution in [0.3, 0.4) is 0 Å². The van der Waals surface area contributed by atoms with Crippen molar-refractivity contribution in [3.05, 3.63) is 94.4 Å². The Balaban J connectivity index is 1.71. The molecule has 1 heterocycles. The summed E-state index contributed by atoms with van der Waals surface area (Å²) in [6.45, 7) is 0.514. The third-order valence-corrected chi connectivity index (χ3v) is 4.70. The number of para-hydroxylation sites is 2. The lowest BCUT2D eigenvalue weighted by Crippen LogP contribution is -2.22. The van der Waals surface area contributed by atoms with Gasteiger partial charge in [-0.2, -0.15) is 5.26 Å². The lowest BCUT2D eigenvalue weighted by molar-refractivity contribution is 0.736. The second-order valence-corrected chi connectivity index (χ2v) is 6.27. The van der Waals surface area contributed by atoms with E-state index >= 15 is 0 Å². The molecule has 4 nitrogen and oxygen atoms in total. The van der Waals surface area contributed by atoms with Gasteiger partial charge in [-0.1, -0.05) is 54.6 Å². The van der Waals surface area contributed by atoms with E-state index in [9.17, 15) is 10.1 Å². The van der Waals surface area contributed by atoms with Crippen LogP contribution in [0.4, 0.5) is 0 Å². The maximum absolute atomic E-state index is 12.6. The molecule has 3 aromatic carbocycles. The quantitative estimate of drug-likeness (QED) is 0.568. The van der Waals surface area contributed by atoms with E-state index in [4.69, 9.17) is 0 Å². The highest BCUT2D eigenvalue weighted by atomic mass is 16.1. The Labute approximate surface area is 151 Å². The Morgan fingerprint density at radius 2 is 1.54 bits per heavy atom. The minimum absolute atomic E-state index is 0.0231. The third kappa shape index (κ3) is 2.60. The monoisotopic (exact) mass is 339 g/mol. The summed E-state index contributed by atoms with van der Waals surface area (Å²) in [5.41, 5.74) is 5.45. The fraction of sp³-hybridized carbons (Fsp3) is 0.0909. The van der Waals surface area contributed by atoms with E-state index in [0.29, 0.717) is 12.1 Å². The van der Waals surface area contributed by atoms with Crippen molar-refractivity contribution in [1.82, 2.24) is 9.13 Å². The smallest absolute Gasteiger partial charge is 0.295 e. The second kappa shape index (κ2) is 6.38. The highest BCUT2D eigenvalue weighted by Gasteiger charge is 2.10. The zero-order chi connectivity index (χ0) is 18.1. The number of hydrogen-bond acceptors (Lipinski definition) is 2. The Morgan fingerprint density at radius 1 is 0.885 bits per heavy atom. The molecule has 1 aromatic heterocycles. The topological polar surface area (TPSA) is 50.7 Å². The number of hydrogen-bond donors (Lipinski definition) is 0. The van der Waals surface area contributed by atoms with Gasteiger partial charge in [0, 0.05) is 7.05 Å². The number of nitriles is 1. The molecule has 0 amide bonds. The number of aryl methyl sites for hydroxylation is 1. The lowest BCUT2D eigenvalue weighted by Gasteiger charge is -2.07. The molecule has 4 rings (SSSR count). The third-order valence-electron chi connectivity index (χ3n) is 4.70. The Hall–Kier alpha value is -3.58. The molecule has 4 heteroatoms. The second-order valence-electron chi connectivity index (χ2n) is 6.27. The molecule has 0 bridgehead atoms. The van der Waals surface area contributed by atoms with Crippen molar-refractivity contribution in [2.24, 2.45) is 7.05 Å². The van der Waals surface area contributed by atoms with Gasteiger partial charge in [0.15, 0.2) is 0 Å². The van der Waals surface area contributed by atoms with Gasteiger partial charge in [0.05, 0.1) is 29.2 Å². The van der Waals surface area contributed by atoms with Crippen molar-refractivity contribution in [1.29, 1.82) is 5.26 Å². The van der Waals surface area contributed by atoms with Crippen LogP contribution in [-0.4, -0.2) is 9.13 Å². The number of nitrogens with zero attached hydrogens (tertiary/aromatic N) is 3. The predicted molar refractivity (Wildman–Crippen MR) is 103 cm³/mol. The summed E-state index contributed by atoms with van der Waals surface area (Å²) in [5.74, 6) is 0. The van der Waals surface area contributed by atoms with E-state index in [-0.39, 0.29) is 5.69 Å². The molecule has 0 atom stereocenters. The number of rotatable bonds is 3. The van der Waals surface area contributed by atoms with Gasteiger partial charge in [0.2, 0.25) is 0 Å². The summed E-state index contributed by atoms with van der Waals surface area (Å²) in [4.78, 5) is 12.6. The predicted octanol–water partition coefficient (Wildman–Crippen LogP) is 3.93. The average Bonchev–Trinajstić information content (AvgIpc) is 2.94. The van der Waals surface area contributed by atoms with Crippen LogP contribution >= 0.6 is 0 Å². The van der Waals surface area contributed by atoms with Crippen LogP contribution in [0.2, 0.25) is 0 Å². The van der Waals surface area contributed by atoms with Crippen LogP contribution in [0.15, 0.2) is 77.6 Å². The van der Waals surface area contributed by atoms with Crippen molar-refractivity contribution in [3.63, 3.8) is 0 Å². The van der Waals surface area contributed by atoms with E-state index < -0.39 is 0 Å². The maximum Gasteiger partial charge on any atom is 0.329 e. The minimum Gasteiger partial charge on any atom is -0.295 e. The Bertz CT molecular complexity index is 1190. The van der Waals surface area contributed by atoms with Crippen LogP contribution in [-0.2, 0) is 13.6 Å². The molecule has 0 aliphatic rings. The van der Waals surface area contributed by atoms with Crippen molar-refractivity contribution < 1.29 is 0 Å². The molecule has 126 valence electrons. The first kappa shape index (κ1) is 15.9. The SMILES string of the molecule is Cn1c(=O)n(Cc2ccc(-c3ccccc3C#N)cc2)c2ccccc21. The van der Waals surface area contributed by atoms with Gasteiger partial charge < -0.3 is 0 Å². The molecule has 0 spiro atoms. The standard InChI is InChI=1S/C22H17N3O/c1-24-20-8-4-5-9-21(20)25(22(24)26)15-16-10-12-17(13-11-16)19-7-3-2-6-18(19)14-23/h2-13H,15H2,1H3. The maximum atomic E-state index is 12.6. The van der Waals surface area contributed by atoms with E-state index in [2.05, 4.69) is 6.07 Å². The molecule has 0 fully saturated rings. The minimum atomic E-state index is -0.0231. The van der Waals surface area contributed by atoms with Crippen LogP contribution in [0.5, 0.6) is 0 Å². The summed E-state index contributed by atoms with van der Waals surface area (Å²) in [5, 5.41) is 9.27. The van der Waals surface area contributed by atoms with Crippen LogP contribution in [0.25, 0.3) is 22.2 Å². The zero-order valence-electron chi connectivity index (χ0n) is 14.4. The summed E-state index contributed by atoms with van der Waals surface area (Å²) >= 11 is 0. The molecule has 0 aliphatic heterocycles. The molecule has 4 aromatic rings. The van der Waals surface area contributed by atoms with Crippen LogP contribution < -0.4 is 5.69 Å². The fourth-order valence-electron chi connectivity index (χ4n) is 3.32. The van der Waals surface area contributed by atoms with E-state index in [0.717, 1.165) is 27.7 Å². The summed E-state index contributed by atoms with van der Waals surface area (Å²) in [6.07, 6.45) is 0. The van der Waals surface area contributed by atoms with E-state index in [1.54, 1.807) is 16.2 Å². The number of fused-ring (bicyclic) bond motifs is 1. The number of aromatic nitrogens is 2. The van der Waals surface area contributed by atoms with Crippen molar-refractivity contribution in [3.8, 4) is 17.2 Å². The molecule has 26 heavy (non-hydrogen) atoms. The summed E-state index contributed by atoms with van der Waals surface area (Å²) in [7, 11) is 1.79. The highest BCUT2D eigenvalue weighted by Crippen LogP contribution is 2.24. The first-order chi connectivity index (χ1) is 12.7. The first-order valence-corrected chi connectivity index (χ1v) is 8.42. The molecular formula is C22H17N3O. The molecular weight excluding hydrogens is 322 g/mol. The largest absolute Gasteiger partial charge is 0.329 e. The van der Waals surface area contributed by atoms with Crippen LogP contribution in [0, 0.1) is 11.3 Å². The van der Waals surface area contributed by atoms with Gasteiger partial charge >= 0.3 is 5.69 Å². The lowest BCUT2D eigenvalue weighted by atomic mass is 9.99. The summed E-state index contributed by atoms with van der Waals surface area (Å²) < 4.78 is 3.46. The van der Waals surface area contributed by atoms with Crippen molar-refractivity contribution in [2.75, 3.05) is 0 Å². The Morgan fingerprint density at radius 3 is 2.27 bits per heavy atom. The normalized spacial score (nSPS) is 10.8. The molecule has 0 saturated carbocycles. The van der Waals surface area contributed by atoms with Gasteiger partial charge in [-0.25, -0.2) is 4.79 Å². The van der Waals surface area contributed by atoms with Gasteiger partial charge in [0.1, 0.15) is 0 Å². The zero-order valence-corrected chi connectivity index (χ0v) is 14.4. The van der Waals surface area contributed by atoms with Gasteiger partial charge in [0.25, 0.3) is 0 Å². The first-order valence-electron chi connectivity index (χ1n) is 8.42. The highest BCUT2D eigenvalue weighted by molar-refractivity contribution is 5.76. The van der Waals surface area contributed by atoms with Crippen molar-refractivity contribution in [2.45, 2.75) is 6.54 Å². The fourth-order valence-corrected chi connectivity index (χ4v) is 3.32. The van der Waals surface area contributed by atoms with Crippen LogP contribution in [0.1, 0.15) is 11.1 Å². The summed E-state index contributed by atoms with van der Waals surface area (Å²) in [6, 6.07) is 25.6. The number of imidazole rings is 1. The van der Waals surface area contributed by atoms with Gasteiger partial charge in [-0.3, -0.25) is 9.13 Å². The van der Waals surface area contributed by atoms with Crippen molar-refractivity contribution >= 4 is 11.0 Å². The van der Waals surface area contributed by atoms with E-state index in [1.807, 2.05) is 72.8 Å². The average molecular weight is 339 g/mol. The van der Waals surface area contributed by atoms with E-state index in [1.165, 1.54) is 0 Å². The Kier molecular flexibility index (Phi) is 3.91. The molecule has 0 unspecified atom stereocenters. The molecule has 0 aliphatic carbocycles.